The van der Waals surface area contributed by atoms with Crippen LogP contribution in [0.2, 0.25) is 0 Å². The fraction of sp³-hybridized carbons (Fsp3) is 0.318. The minimum Gasteiger partial charge on any atom is -0.340 e. The van der Waals surface area contributed by atoms with Gasteiger partial charge in [0.1, 0.15) is 11.5 Å². The number of nitrogens with zero attached hydrogens (tertiary/aromatic N) is 5. The summed E-state index contributed by atoms with van der Waals surface area (Å²) >= 11 is 0. The zero-order valence-corrected chi connectivity index (χ0v) is 16.1. The molecule has 1 saturated carbocycles. The molecule has 1 aromatic carbocycles. The van der Waals surface area contributed by atoms with Gasteiger partial charge in [0, 0.05) is 37.2 Å². The van der Waals surface area contributed by atoms with E-state index in [1.165, 1.54) is 18.4 Å². The highest BCUT2D eigenvalue weighted by molar-refractivity contribution is 5.57. The first-order valence-electron chi connectivity index (χ1n) is 10.3. The van der Waals surface area contributed by atoms with Crippen molar-refractivity contribution in [2.75, 3.05) is 23.3 Å². The largest absolute Gasteiger partial charge is 0.340 e. The van der Waals surface area contributed by atoms with Crippen LogP contribution in [0.4, 0.5) is 17.7 Å². The molecule has 6 rings (SSSR count). The average molecular weight is 385 g/mol. The van der Waals surface area contributed by atoms with Gasteiger partial charge in [-0.3, -0.25) is 9.50 Å². The lowest BCUT2D eigenvalue weighted by Gasteiger charge is -2.18. The molecule has 4 aromatic rings. The van der Waals surface area contributed by atoms with E-state index in [9.17, 15) is 0 Å². The van der Waals surface area contributed by atoms with Crippen LogP contribution in [0.15, 0.2) is 54.7 Å². The van der Waals surface area contributed by atoms with Gasteiger partial charge >= 0.3 is 0 Å². The maximum atomic E-state index is 4.87. The van der Waals surface area contributed by atoms with E-state index in [0.717, 1.165) is 48.6 Å². The van der Waals surface area contributed by atoms with Gasteiger partial charge in [0.15, 0.2) is 0 Å². The SMILES string of the molecule is c1ccc(C2CCN(c3nc(Nc4cc(C5CC5)n[nH]4)n4cccc4n3)C2)cc1. The number of benzene rings is 1. The van der Waals surface area contributed by atoms with E-state index in [-0.39, 0.29) is 0 Å². The van der Waals surface area contributed by atoms with E-state index in [0.29, 0.717) is 11.8 Å². The molecule has 3 aromatic heterocycles. The number of anilines is 3. The second-order valence-corrected chi connectivity index (χ2v) is 8.03. The van der Waals surface area contributed by atoms with Gasteiger partial charge in [0.05, 0.1) is 5.69 Å². The summed E-state index contributed by atoms with van der Waals surface area (Å²) in [6.45, 7) is 1.90. The van der Waals surface area contributed by atoms with Crippen LogP contribution in [0, 0.1) is 0 Å². The number of nitrogens with one attached hydrogen (secondary N) is 2. The maximum absolute atomic E-state index is 4.87. The number of aromatic amines is 1. The first-order chi connectivity index (χ1) is 14.3. The lowest BCUT2D eigenvalue weighted by molar-refractivity contribution is 0.772. The molecule has 2 N–H and O–H groups in total. The number of hydrogen-bond acceptors (Lipinski definition) is 5. The lowest BCUT2D eigenvalue weighted by atomic mass is 9.99. The molecule has 1 aliphatic carbocycles. The van der Waals surface area contributed by atoms with Crippen LogP contribution < -0.4 is 10.2 Å². The minimum absolute atomic E-state index is 0.521. The summed E-state index contributed by atoms with van der Waals surface area (Å²) in [6.07, 6.45) is 5.58. The number of hydrogen-bond donors (Lipinski definition) is 2. The minimum atomic E-state index is 0.521. The molecule has 29 heavy (non-hydrogen) atoms. The predicted octanol–water partition coefficient (Wildman–Crippen LogP) is 4.07. The zero-order valence-electron chi connectivity index (χ0n) is 16.1. The zero-order chi connectivity index (χ0) is 19.2. The van der Waals surface area contributed by atoms with Crippen LogP contribution in [0.25, 0.3) is 5.65 Å². The molecule has 1 aliphatic heterocycles. The Balaban J connectivity index is 1.29. The smallest absolute Gasteiger partial charge is 0.230 e. The number of aromatic nitrogens is 5. The van der Waals surface area contributed by atoms with Crippen LogP contribution in [0.5, 0.6) is 0 Å². The summed E-state index contributed by atoms with van der Waals surface area (Å²) in [7, 11) is 0. The van der Waals surface area contributed by atoms with E-state index < -0.39 is 0 Å². The molecule has 0 amide bonds. The predicted molar refractivity (Wildman–Crippen MR) is 113 cm³/mol. The molecule has 1 atom stereocenters. The van der Waals surface area contributed by atoms with Crippen molar-refractivity contribution in [3.63, 3.8) is 0 Å². The number of H-pyrrole nitrogens is 1. The molecule has 146 valence electrons. The summed E-state index contributed by atoms with van der Waals surface area (Å²) in [4.78, 5) is 12.0. The fourth-order valence-electron chi connectivity index (χ4n) is 4.20. The highest BCUT2D eigenvalue weighted by atomic mass is 15.3. The summed E-state index contributed by atoms with van der Waals surface area (Å²) in [5.41, 5.74) is 3.42. The standard InChI is InChI=1S/C22H23N7/c1-2-5-15(6-3-1)17-10-12-28(14-17)21-24-20-7-4-11-29(20)22(25-21)23-19-13-18(26-27-19)16-8-9-16/h1-7,11,13,16-17H,8-10,12,14H2,(H2,23,24,25,26,27). The molecule has 1 saturated heterocycles. The average Bonchev–Trinajstić information content (AvgIpc) is 3.14. The topological polar surface area (TPSA) is 74.1 Å². The normalized spacial score (nSPS) is 19.2. The molecular weight excluding hydrogens is 362 g/mol. The van der Waals surface area contributed by atoms with Crippen LogP contribution >= 0.6 is 0 Å². The Hall–Kier alpha value is -3.35. The molecule has 0 bridgehead atoms. The fourth-order valence-corrected chi connectivity index (χ4v) is 4.20. The van der Waals surface area contributed by atoms with Crippen molar-refractivity contribution in [1.29, 1.82) is 0 Å². The van der Waals surface area contributed by atoms with Crippen molar-refractivity contribution in [1.82, 2.24) is 24.6 Å². The van der Waals surface area contributed by atoms with Gasteiger partial charge in [-0.05, 0) is 37.0 Å². The molecule has 0 spiro atoms. The molecular formula is C22H23N7. The Bertz CT molecular complexity index is 1140. The van der Waals surface area contributed by atoms with E-state index in [1.54, 1.807) is 0 Å². The second kappa shape index (κ2) is 6.62. The van der Waals surface area contributed by atoms with Gasteiger partial charge < -0.3 is 10.2 Å². The van der Waals surface area contributed by atoms with Crippen molar-refractivity contribution in [2.24, 2.45) is 0 Å². The third-order valence-electron chi connectivity index (χ3n) is 5.96. The first-order valence-corrected chi connectivity index (χ1v) is 10.3. The van der Waals surface area contributed by atoms with E-state index >= 15 is 0 Å². The van der Waals surface area contributed by atoms with E-state index in [2.05, 4.69) is 56.8 Å². The third-order valence-corrected chi connectivity index (χ3v) is 5.96. The van der Waals surface area contributed by atoms with Gasteiger partial charge in [0.2, 0.25) is 11.9 Å². The van der Waals surface area contributed by atoms with Crippen LogP contribution in [-0.4, -0.2) is 37.7 Å². The number of fused-ring (bicyclic) bond motifs is 1. The Morgan fingerprint density at radius 2 is 1.86 bits per heavy atom. The van der Waals surface area contributed by atoms with Crippen molar-refractivity contribution in [3.8, 4) is 0 Å². The first kappa shape index (κ1) is 16.6. The van der Waals surface area contributed by atoms with Crippen LogP contribution in [0.1, 0.15) is 42.4 Å². The Labute approximate surface area is 168 Å². The molecule has 2 aliphatic rings. The van der Waals surface area contributed by atoms with E-state index in [1.807, 2.05) is 22.7 Å². The molecule has 7 heteroatoms. The number of rotatable bonds is 5. The Morgan fingerprint density at radius 1 is 0.966 bits per heavy atom. The maximum Gasteiger partial charge on any atom is 0.230 e. The lowest BCUT2D eigenvalue weighted by Crippen LogP contribution is -2.23. The third kappa shape index (κ3) is 3.12. The highest BCUT2D eigenvalue weighted by Gasteiger charge is 2.27. The molecule has 0 radical (unpaired) electrons. The van der Waals surface area contributed by atoms with Gasteiger partial charge in [-0.1, -0.05) is 30.3 Å². The van der Waals surface area contributed by atoms with E-state index in [4.69, 9.17) is 9.97 Å². The van der Waals surface area contributed by atoms with Crippen molar-refractivity contribution < 1.29 is 0 Å². The van der Waals surface area contributed by atoms with Crippen molar-refractivity contribution in [2.45, 2.75) is 31.1 Å². The molecule has 4 heterocycles. The highest BCUT2D eigenvalue weighted by Crippen LogP contribution is 2.39. The van der Waals surface area contributed by atoms with Gasteiger partial charge in [-0.15, -0.1) is 0 Å². The van der Waals surface area contributed by atoms with Crippen LogP contribution in [-0.2, 0) is 0 Å². The quantitative estimate of drug-likeness (QED) is 0.542. The van der Waals surface area contributed by atoms with Crippen LogP contribution in [0.3, 0.4) is 0 Å². The summed E-state index contributed by atoms with van der Waals surface area (Å²) in [5.74, 6) is 3.54. The molecule has 7 nitrogen and oxygen atoms in total. The van der Waals surface area contributed by atoms with Crippen molar-refractivity contribution in [3.05, 3.63) is 66.0 Å². The monoisotopic (exact) mass is 385 g/mol. The Morgan fingerprint density at radius 3 is 2.72 bits per heavy atom. The van der Waals surface area contributed by atoms with Gasteiger partial charge in [0.25, 0.3) is 0 Å². The molecule has 1 unspecified atom stereocenters. The molecule has 2 fully saturated rings. The summed E-state index contributed by atoms with van der Waals surface area (Å²) in [6, 6.07) is 16.8. The van der Waals surface area contributed by atoms with Gasteiger partial charge in [-0.2, -0.15) is 15.1 Å². The Kier molecular flexibility index (Phi) is 3.78. The summed E-state index contributed by atoms with van der Waals surface area (Å²) < 4.78 is 1.98. The van der Waals surface area contributed by atoms with Crippen molar-refractivity contribution >= 4 is 23.4 Å². The second-order valence-electron chi connectivity index (χ2n) is 8.03. The van der Waals surface area contributed by atoms with Gasteiger partial charge in [-0.25, -0.2) is 0 Å². The summed E-state index contributed by atoms with van der Waals surface area (Å²) in [5, 5.41) is 10.9.